The van der Waals surface area contributed by atoms with Crippen LogP contribution in [0, 0.1) is 0 Å². The quantitative estimate of drug-likeness (QED) is 0.788. The normalized spacial score (nSPS) is 15.0. The van der Waals surface area contributed by atoms with Gasteiger partial charge in [0.05, 0.1) is 17.3 Å². The number of anilines is 1. The summed E-state index contributed by atoms with van der Waals surface area (Å²) in [5.41, 5.74) is 2.36. The highest BCUT2D eigenvalue weighted by Gasteiger charge is 2.19. The van der Waals surface area contributed by atoms with E-state index in [0.717, 1.165) is 11.0 Å². The van der Waals surface area contributed by atoms with Crippen LogP contribution < -0.4 is 16.6 Å². The van der Waals surface area contributed by atoms with Gasteiger partial charge in [0.1, 0.15) is 5.65 Å². The molecule has 2 aromatic heterocycles. The van der Waals surface area contributed by atoms with E-state index < -0.39 is 11.2 Å². The van der Waals surface area contributed by atoms with E-state index in [2.05, 4.69) is 17.2 Å². The lowest BCUT2D eigenvalue weighted by Crippen LogP contribution is -2.39. The van der Waals surface area contributed by atoms with Crippen LogP contribution in [0.15, 0.2) is 33.0 Å². The Hall–Kier alpha value is -2.90. The maximum absolute atomic E-state index is 12.5. The molecule has 1 N–H and O–H groups in total. The zero-order chi connectivity index (χ0) is 18.3. The predicted octanol–water partition coefficient (Wildman–Crippen LogP) is 1.21. The molecular weight excluding hydrogens is 322 g/mol. The van der Waals surface area contributed by atoms with Crippen LogP contribution in [0.25, 0.3) is 11.0 Å². The molecule has 0 spiro atoms. The Bertz CT molecular complexity index is 1020. The van der Waals surface area contributed by atoms with Crippen LogP contribution in [0.4, 0.5) is 10.5 Å². The summed E-state index contributed by atoms with van der Waals surface area (Å²) in [7, 11) is 2.97. The van der Waals surface area contributed by atoms with E-state index in [1.807, 2.05) is 6.92 Å². The number of carbonyl (C=O) groups excluding carboxylic acids is 1. The third-order valence-corrected chi connectivity index (χ3v) is 4.75. The minimum absolute atomic E-state index is 0.227. The molecule has 8 nitrogen and oxygen atoms in total. The Morgan fingerprint density at radius 3 is 2.56 bits per heavy atom. The molecule has 0 radical (unpaired) electrons. The molecule has 8 heteroatoms. The summed E-state index contributed by atoms with van der Waals surface area (Å²) in [6.45, 7) is 5.36. The SMILES string of the molecule is CC1=C(C)CN(C(=O)Nc2cnc3c(c2)c(=O)n(C)c(=O)n3C)CC1. The molecule has 3 rings (SSSR count). The second-order valence-electron chi connectivity index (χ2n) is 6.46. The van der Waals surface area contributed by atoms with Gasteiger partial charge < -0.3 is 10.2 Å². The number of aromatic nitrogens is 3. The Morgan fingerprint density at radius 1 is 1.16 bits per heavy atom. The molecule has 0 atom stereocenters. The van der Waals surface area contributed by atoms with Crippen molar-refractivity contribution in [1.29, 1.82) is 0 Å². The maximum atomic E-state index is 12.5. The molecule has 2 aromatic rings. The van der Waals surface area contributed by atoms with E-state index in [1.165, 1.54) is 29.0 Å². The van der Waals surface area contributed by atoms with E-state index in [4.69, 9.17) is 0 Å². The van der Waals surface area contributed by atoms with Gasteiger partial charge >= 0.3 is 11.7 Å². The molecule has 0 unspecified atom stereocenters. The summed E-state index contributed by atoms with van der Waals surface area (Å²) in [5.74, 6) is 0. The summed E-state index contributed by atoms with van der Waals surface area (Å²) in [6.07, 6.45) is 2.31. The number of urea groups is 1. The summed E-state index contributed by atoms with van der Waals surface area (Å²) in [6, 6.07) is 1.33. The van der Waals surface area contributed by atoms with Gasteiger partial charge in [0.2, 0.25) is 0 Å². The largest absolute Gasteiger partial charge is 0.332 e. The summed E-state index contributed by atoms with van der Waals surface area (Å²) < 4.78 is 2.33. The van der Waals surface area contributed by atoms with E-state index in [0.29, 0.717) is 24.4 Å². The van der Waals surface area contributed by atoms with Crippen molar-refractivity contribution in [1.82, 2.24) is 19.0 Å². The molecule has 0 aromatic carbocycles. The van der Waals surface area contributed by atoms with Gasteiger partial charge in [0.25, 0.3) is 5.56 Å². The van der Waals surface area contributed by atoms with E-state index >= 15 is 0 Å². The average Bonchev–Trinajstić information content (AvgIpc) is 2.60. The number of hydrogen-bond donors (Lipinski definition) is 1. The number of hydrogen-bond acceptors (Lipinski definition) is 4. The molecule has 1 aliphatic rings. The third kappa shape index (κ3) is 2.95. The van der Waals surface area contributed by atoms with Crippen LogP contribution >= 0.6 is 0 Å². The molecule has 0 fully saturated rings. The minimum atomic E-state index is -0.437. The van der Waals surface area contributed by atoms with Gasteiger partial charge in [-0.05, 0) is 26.3 Å². The van der Waals surface area contributed by atoms with Crippen LogP contribution in [0.2, 0.25) is 0 Å². The molecule has 0 aliphatic carbocycles. The van der Waals surface area contributed by atoms with Crippen LogP contribution in [0.3, 0.4) is 0 Å². The highest BCUT2D eigenvalue weighted by molar-refractivity contribution is 5.91. The molecule has 0 saturated carbocycles. The van der Waals surface area contributed by atoms with Crippen molar-refractivity contribution < 1.29 is 4.79 Å². The van der Waals surface area contributed by atoms with Crippen molar-refractivity contribution in [2.45, 2.75) is 20.3 Å². The number of nitrogens with zero attached hydrogens (tertiary/aromatic N) is 4. The molecule has 3 heterocycles. The molecule has 1 aliphatic heterocycles. The molecule has 0 bridgehead atoms. The van der Waals surface area contributed by atoms with E-state index in [1.54, 1.807) is 18.0 Å². The van der Waals surface area contributed by atoms with Crippen LogP contribution in [0.1, 0.15) is 20.3 Å². The fraction of sp³-hybridized carbons (Fsp3) is 0.412. The van der Waals surface area contributed by atoms with Crippen molar-refractivity contribution in [2.75, 3.05) is 18.4 Å². The first-order valence-electron chi connectivity index (χ1n) is 8.06. The first-order valence-corrected chi connectivity index (χ1v) is 8.06. The number of aryl methyl sites for hydroxylation is 1. The zero-order valence-electron chi connectivity index (χ0n) is 14.8. The second kappa shape index (κ2) is 6.19. The molecule has 132 valence electrons. The fourth-order valence-electron chi connectivity index (χ4n) is 2.93. The summed E-state index contributed by atoms with van der Waals surface area (Å²) in [4.78, 5) is 42.6. The lowest BCUT2D eigenvalue weighted by molar-refractivity contribution is 0.214. The predicted molar refractivity (Wildman–Crippen MR) is 95.8 cm³/mol. The lowest BCUT2D eigenvalue weighted by atomic mass is 10.0. The van der Waals surface area contributed by atoms with Gasteiger partial charge in [0.15, 0.2) is 0 Å². The van der Waals surface area contributed by atoms with E-state index in [9.17, 15) is 14.4 Å². The van der Waals surface area contributed by atoms with Gasteiger partial charge in [-0.15, -0.1) is 0 Å². The average molecular weight is 343 g/mol. The zero-order valence-corrected chi connectivity index (χ0v) is 14.8. The van der Waals surface area contributed by atoms with Crippen molar-refractivity contribution in [3.8, 4) is 0 Å². The van der Waals surface area contributed by atoms with Gasteiger partial charge in [-0.25, -0.2) is 14.6 Å². The first kappa shape index (κ1) is 16.9. The maximum Gasteiger partial charge on any atom is 0.332 e. The van der Waals surface area contributed by atoms with Gasteiger partial charge in [-0.1, -0.05) is 11.1 Å². The number of carbonyl (C=O) groups is 1. The van der Waals surface area contributed by atoms with Crippen molar-refractivity contribution in [2.24, 2.45) is 14.1 Å². The number of amides is 2. The smallest absolute Gasteiger partial charge is 0.320 e. The summed E-state index contributed by atoms with van der Waals surface area (Å²) >= 11 is 0. The highest BCUT2D eigenvalue weighted by atomic mass is 16.2. The van der Waals surface area contributed by atoms with Crippen LogP contribution in [0.5, 0.6) is 0 Å². The topological polar surface area (TPSA) is 89.2 Å². The Balaban J connectivity index is 1.92. The Labute approximate surface area is 144 Å². The molecular formula is C17H21N5O3. The Morgan fingerprint density at radius 2 is 1.88 bits per heavy atom. The summed E-state index contributed by atoms with van der Waals surface area (Å²) in [5, 5.41) is 3.07. The molecule has 2 amide bonds. The van der Waals surface area contributed by atoms with Crippen molar-refractivity contribution >= 4 is 22.8 Å². The van der Waals surface area contributed by atoms with E-state index in [-0.39, 0.29) is 11.4 Å². The van der Waals surface area contributed by atoms with Gasteiger partial charge in [0, 0.05) is 27.2 Å². The van der Waals surface area contributed by atoms with Gasteiger partial charge in [-0.2, -0.15) is 0 Å². The fourth-order valence-corrected chi connectivity index (χ4v) is 2.93. The lowest BCUT2D eigenvalue weighted by Gasteiger charge is -2.28. The number of fused-ring (bicyclic) bond motifs is 1. The van der Waals surface area contributed by atoms with Crippen molar-refractivity contribution in [3.05, 3.63) is 44.2 Å². The Kier molecular flexibility index (Phi) is 4.20. The molecule has 25 heavy (non-hydrogen) atoms. The number of nitrogens with one attached hydrogen (secondary N) is 1. The van der Waals surface area contributed by atoms with Gasteiger partial charge in [-0.3, -0.25) is 13.9 Å². The minimum Gasteiger partial charge on any atom is -0.320 e. The number of rotatable bonds is 1. The highest BCUT2D eigenvalue weighted by Crippen LogP contribution is 2.18. The number of pyridine rings is 1. The standard InChI is InChI=1S/C17H21N5O3/c1-10-5-6-22(9-11(10)2)16(24)19-12-7-13-14(18-8-12)20(3)17(25)21(4)15(13)23/h7-8H,5-6,9H2,1-4H3,(H,19,24). The molecule has 0 saturated heterocycles. The third-order valence-electron chi connectivity index (χ3n) is 4.75. The van der Waals surface area contributed by atoms with Crippen molar-refractivity contribution in [3.63, 3.8) is 0 Å². The van der Waals surface area contributed by atoms with Crippen LogP contribution in [-0.2, 0) is 14.1 Å². The monoisotopic (exact) mass is 343 g/mol. The first-order chi connectivity index (χ1) is 11.8. The second-order valence-corrected chi connectivity index (χ2v) is 6.46. The van der Waals surface area contributed by atoms with Crippen LogP contribution in [-0.4, -0.2) is 38.1 Å².